The molecule has 0 bridgehead atoms. The monoisotopic (exact) mass is 288 g/mol. The van der Waals surface area contributed by atoms with Crippen LogP contribution in [0.2, 0.25) is 0 Å². The Balaban J connectivity index is 1.81. The Morgan fingerprint density at radius 3 is 2.36 bits per heavy atom. The summed E-state index contributed by atoms with van der Waals surface area (Å²) in [6.45, 7) is 0. The molecule has 0 aliphatic heterocycles. The number of nitrogens with zero attached hydrogens (tertiary/aromatic N) is 1. The molecule has 0 atom stereocenters. The third-order valence-electron chi connectivity index (χ3n) is 3.40. The fourth-order valence-electron chi connectivity index (χ4n) is 2.30. The summed E-state index contributed by atoms with van der Waals surface area (Å²) >= 11 is 0. The molecule has 2 aromatic carbocycles. The number of anilines is 1. The average Bonchev–Trinajstić information content (AvgIpc) is 2.58. The maximum Gasteiger partial charge on any atom is 0.274 e. The molecule has 1 aromatic heterocycles. The van der Waals surface area contributed by atoms with Crippen LogP contribution in [0.5, 0.6) is 0 Å². The number of amides is 1. The van der Waals surface area contributed by atoms with Crippen LogP contribution in [0.25, 0.3) is 0 Å². The summed E-state index contributed by atoms with van der Waals surface area (Å²) in [5.41, 5.74) is 3.53. The lowest BCUT2D eigenvalue weighted by molar-refractivity contribution is 0.102. The fraction of sp³-hybridized carbons (Fsp3) is 0.0526. The van der Waals surface area contributed by atoms with Crippen molar-refractivity contribution in [2.24, 2.45) is 0 Å². The first-order valence-electron chi connectivity index (χ1n) is 7.17. The summed E-state index contributed by atoms with van der Waals surface area (Å²) in [6.07, 6.45) is 2.39. The molecule has 1 heterocycles. The van der Waals surface area contributed by atoms with E-state index in [1.54, 1.807) is 24.4 Å². The van der Waals surface area contributed by atoms with E-state index in [0.29, 0.717) is 5.69 Å². The maximum absolute atomic E-state index is 12.2. The summed E-state index contributed by atoms with van der Waals surface area (Å²) in [6, 6.07) is 23.3. The van der Waals surface area contributed by atoms with Gasteiger partial charge < -0.3 is 5.32 Å². The highest BCUT2D eigenvalue weighted by Gasteiger charge is 2.09. The molecule has 3 aromatic rings. The number of carbonyl (C=O) groups is 1. The topological polar surface area (TPSA) is 42.0 Å². The van der Waals surface area contributed by atoms with Gasteiger partial charge in [0.15, 0.2) is 0 Å². The second kappa shape index (κ2) is 6.68. The van der Waals surface area contributed by atoms with Crippen LogP contribution >= 0.6 is 0 Å². The van der Waals surface area contributed by atoms with E-state index in [2.05, 4.69) is 22.4 Å². The van der Waals surface area contributed by atoms with Crippen molar-refractivity contribution in [3.05, 3.63) is 95.8 Å². The van der Waals surface area contributed by atoms with Gasteiger partial charge in [-0.2, -0.15) is 0 Å². The van der Waals surface area contributed by atoms with Crippen LogP contribution in [-0.4, -0.2) is 10.9 Å². The Labute approximate surface area is 129 Å². The highest BCUT2D eigenvalue weighted by atomic mass is 16.1. The van der Waals surface area contributed by atoms with Gasteiger partial charge in [0.2, 0.25) is 0 Å². The molecule has 0 unspecified atom stereocenters. The van der Waals surface area contributed by atoms with E-state index < -0.39 is 0 Å². The van der Waals surface area contributed by atoms with Crippen molar-refractivity contribution in [1.82, 2.24) is 4.98 Å². The van der Waals surface area contributed by atoms with Gasteiger partial charge in [0.1, 0.15) is 5.69 Å². The summed E-state index contributed by atoms with van der Waals surface area (Å²) < 4.78 is 0. The molecular formula is C19H16N2O. The van der Waals surface area contributed by atoms with Crippen molar-refractivity contribution in [2.75, 3.05) is 5.32 Å². The summed E-state index contributed by atoms with van der Waals surface area (Å²) in [4.78, 5) is 16.3. The van der Waals surface area contributed by atoms with Crippen LogP contribution in [0.1, 0.15) is 21.6 Å². The van der Waals surface area contributed by atoms with Gasteiger partial charge in [0.25, 0.3) is 5.91 Å². The molecule has 0 saturated heterocycles. The van der Waals surface area contributed by atoms with Gasteiger partial charge in [-0.1, -0.05) is 54.6 Å². The lowest BCUT2D eigenvalue weighted by Crippen LogP contribution is -2.14. The van der Waals surface area contributed by atoms with Crippen molar-refractivity contribution < 1.29 is 4.79 Å². The largest absolute Gasteiger partial charge is 0.320 e. The van der Waals surface area contributed by atoms with Gasteiger partial charge >= 0.3 is 0 Å². The lowest BCUT2D eigenvalue weighted by Gasteiger charge is -2.11. The highest BCUT2D eigenvalue weighted by Crippen LogP contribution is 2.19. The molecule has 0 saturated carbocycles. The predicted molar refractivity (Wildman–Crippen MR) is 87.9 cm³/mol. The first-order chi connectivity index (χ1) is 10.8. The Hall–Kier alpha value is -2.94. The van der Waals surface area contributed by atoms with Gasteiger partial charge in [0, 0.05) is 11.9 Å². The molecule has 1 N–H and O–H groups in total. The normalized spacial score (nSPS) is 10.2. The van der Waals surface area contributed by atoms with E-state index in [-0.39, 0.29) is 5.91 Å². The Morgan fingerprint density at radius 2 is 1.59 bits per heavy atom. The smallest absolute Gasteiger partial charge is 0.274 e. The first kappa shape index (κ1) is 14.0. The summed E-state index contributed by atoms with van der Waals surface area (Å²) in [5.74, 6) is -0.193. The van der Waals surface area contributed by atoms with Crippen molar-refractivity contribution in [1.29, 1.82) is 0 Å². The van der Waals surface area contributed by atoms with E-state index >= 15 is 0 Å². The molecule has 0 fully saturated rings. The van der Waals surface area contributed by atoms with Gasteiger partial charge in [-0.15, -0.1) is 0 Å². The second-order valence-electron chi connectivity index (χ2n) is 4.99. The predicted octanol–water partition coefficient (Wildman–Crippen LogP) is 3.92. The molecule has 0 spiro atoms. The number of pyridine rings is 1. The fourth-order valence-corrected chi connectivity index (χ4v) is 2.30. The zero-order chi connectivity index (χ0) is 15.2. The molecule has 3 nitrogen and oxygen atoms in total. The third-order valence-corrected chi connectivity index (χ3v) is 3.40. The molecule has 0 aliphatic rings. The minimum atomic E-state index is -0.193. The van der Waals surface area contributed by atoms with Crippen LogP contribution in [0, 0.1) is 0 Å². The van der Waals surface area contributed by atoms with Crippen molar-refractivity contribution >= 4 is 11.6 Å². The highest BCUT2D eigenvalue weighted by molar-refractivity contribution is 6.03. The van der Waals surface area contributed by atoms with Crippen LogP contribution in [0.3, 0.4) is 0 Å². The molecule has 3 rings (SSSR count). The van der Waals surface area contributed by atoms with Crippen LogP contribution in [-0.2, 0) is 6.42 Å². The first-order valence-corrected chi connectivity index (χ1v) is 7.17. The zero-order valence-electron chi connectivity index (χ0n) is 12.1. The number of carbonyl (C=O) groups excluding carboxylic acids is 1. The van der Waals surface area contributed by atoms with E-state index in [9.17, 15) is 4.79 Å². The van der Waals surface area contributed by atoms with E-state index in [1.165, 1.54) is 5.56 Å². The quantitative estimate of drug-likeness (QED) is 0.790. The van der Waals surface area contributed by atoms with E-state index in [0.717, 1.165) is 17.7 Å². The number of aromatic nitrogens is 1. The van der Waals surface area contributed by atoms with Crippen molar-refractivity contribution in [3.63, 3.8) is 0 Å². The molecule has 3 heteroatoms. The number of para-hydroxylation sites is 1. The second-order valence-corrected chi connectivity index (χ2v) is 4.99. The van der Waals surface area contributed by atoms with Gasteiger partial charge in [-0.25, -0.2) is 0 Å². The van der Waals surface area contributed by atoms with E-state index in [1.807, 2.05) is 42.5 Å². The average molecular weight is 288 g/mol. The molecule has 22 heavy (non-hydrogen) atoms. The zero-order valence-corrected chi connectivity index (χ0v) is 12.1. The van der Waals surface area contributed by atoms with Crippen molar-refractivity contribution in [3.8, 4) is 0 Å². The number of hydrogen-bond donors (Lipinski definition) is 1. The van der Waals surface area contributed by atoms with E-state index in [4.69, 9.17) is 0 Å². The third kappa shape index (κ3) is 3.38. The molecule has 0 aliphatic carbocycles. The van der Waals surface area contributed by atoms with Crippen LogP contribution < -0.4 is 5.32 Å². The minimum Gasteiger partial charge on any atom is -0.320 e. The molecule has 108 valence electrons. The number of nitrogens with one attached hydrogen (secondary N) is 1. The van der Waals surface area contributed by atoms with Crippen LogP contribution in [0.4, 0.5) is 5.69 Å². The molecular weight excluding hydrogens is 272 g/mol. The van der Waals surface area contributed by atoms with Crippen molar-refractivity contribution in [2.45, 2.75) is 6.42 Å². The SMILES string of the molecule is O=C(Nc1ccccc1Cc1ccccc1)c1ccccn1. The molecule has 1 amide bonds. The Bertz CT molecular complexity index is 755. The minimum absolute atomic E-state index is 0.193. The number of benzene rings is 2. The van der Waals surface area contributed by atoms with Crippen LogP contribution in [0.15, 0.2) is 79.0 Å². The van der Waals surface area contributed by atoms with Gasteiger partial charge in [-0.05, 0) is 35.7 Å². The number of hydrogen-bond acceptors (Lipinski definition) is 2. The summed E-state index contributed by atoms with van der Waals surface area (Å²) in [7, 11) is 0. The Morgan fingerprint density at radius 1 is 0.864 bits per heavy atom. The number of rotatable bonds is 4. The summed E-state index contributed by atoms with van der Waals surface area (Å²) in [5, 5.41) is 2.95. The van der Waals surface area contributed by atoms with Gasteiger partial charge in [0.05, 0.1) is 0 Å². The lowest BCUT2D eigenvalue weighted by atomic mass is 10.0. The standard InChI is InChI=1S/C19H16N2O/c22-19(18-12-6-7-13-20-18)21-17-11-5-4-10-16(17)14-15-8-2-1-3-9-15/h1-13H,14H2,(H,21,22). The molecule has 0 radical (unpaired) electrons. The Kier molecular flexibility index (Phi) is 4.25. The maximum atomic E-state index is 12.2. The van der Waals surface area contributed by atoms with Gasteiger partial charge in [-0.3, -0.25) is 9.78 Å².